The van der Waals surface area contributed by atoms with Gasteiger partial charge in [-0.3, -0.25) is 9.69 Å². The Labute approximate surface area is 228 Å². The summed E-state index contributed by atoms with van der Waals surface area (Å²) in [6, 6.07) is 14.9. The molecule has 1 amide bonds. The van der Waals surface area contributed by atoms with Crippen LogP contribution in [0.4, 0.5) is 14.5 Å². The maximum atomic E-state index is 14.2. The zero-order valence-electron chi connectivity index (χ0n) is 21.9. The van der Waals surface area contributed by atoms with Crippen LogP contribution in [-0.4, -0.2) is 48.0 Å². The Bertz CT molecular complexity index is 1600. The first-order valence-corrected chi connectivity index (χ1v) is 12.5. The summed E-state index contributed by atoms with van der Waals surface area (Å²) >= 11 is 0. The van der Waals surface area contributed by atoms with Gasteiger partial charge >= 0.3 is 5.97 Å². The molecule has 0 N–H and O–H groups in total. The fourth-order valence-electron chi connectivity index (χ4n) is 4.58. The molecule has 1 aliphatic rings. The molecule has 5 rings (SSSR count). The third kappa shape index (κ3) is 5.41. The SMILES string of the molecule is COCCCn1c(CN2C(=O)/C(=N/OCc3ccc(C(=O)OC)cc3)c3cc(F)ccc32)nc2ccc(F)cc21. The Morgan fingerprint density at radius 3 is 2.50 bits per heavy atom. The average Bonchev–Trinajstić information content (AvgIpc) is 3.42. The third-order valence-corrected chi connectivity index (χ3v) is 6.53. The van der Waals surface area contributed by atoms with Crippen LogP contribution < -0.4 is 4.90 Å². The number of ether oxygens (including phenoxy) is 2. The average molecular weight is 549 g/mol. The second-order valence-corrected chi connectivity index (χ2v) is 9.11. The minimum atomic E-state index is -0.526. The predicted molar refractivity (Wildman–Crippen MR) is 143 cm³/mol. The zero-order valence-corrected chi connectivity index (χ0v) is 21.9. The van der Waals surface area contributed by atoms with Crippen LogP contribution in [0.5, 0.6) is 0 Å². The fourth-order valence-corrected chi connectivity index (χ4v) is 4.58. The number of aromatic nitrogens is 2. The summed E-state index contributed by atoms with van der Waals surface area (Å²) in [7, 11) is 2.90. The minimum absolute atomic E-state index is 0.0176. The number of rotatable bonds is 10. The van der Waals surface area contributed by atoms with Gasteiger partial charge in [0.1, 0.15) is 24.1 Å². The molecule has 0 saturated heterocycles. The number of fused-ring (bicyclic) bond motifs is 2. The molecule has 206 valence electrons. The Kier molecular flexibility index (Phi) is 7.83. The van der Waals surface area contributed by atoms with Crippen molar-refractivity contribution in [2.24, 2.45) is 5.16 Å². The quantitative estimate of drug-likeness (QED) is 0.163. The van der Waals surface area contributed by atoms with E-state index >= 15 is 0 Å². The molecule has 1 aliphatic heterocycles. The molecule has 0 unspecified atom stereocenters. The number of amides is 1. The van der Waals surface area contributed by atoms with Gasteiger partial charge in [0.2, 0.25) is 0 Å². The molecule has 40 heavy (non-hydrogen) atoms. The molecular weight excluding hydrogens is 522 g/mol. The summed E-state index contributed by atoms with van der Waals surface area (Å²) in [5, 5.41) is 4.06. The lowest BCUT2D eigenvalue weighted by molar-refractivity contribution is -0.112. The van der Waals surface area contributed by atoms with E-state index in [1.165, 1.54) is 42.3 Å². The van der Waals surface area contributed by atoms with Crippen LogP contribution in [0.3, 0.4) is 0 Å². The second kappa shape index (κ2) is 11.6. The molecule has 11 heteroatoms. The highest BCUT2D eigenvalue weighted by Crippen LogP contribution is 2.32. The van der Waals surface area contributed by atoms with E-state index in [9.17, 15) is 18.4 Å². The van der Waals surface area contributed by atoms with Crippen LogP contribution in [0.1, 0.15) is 33.7 Å². The van der Waals surface area contributed by atoms with Crippen molar-refractivity contribution in [1.82, 2.24) is 9.55 Å². The molecule has 0 saturated carbocycles. The standard InChI is InChI=1S/C29H26F2N4O5/c1-38-13-3-12-34-25-15-21(31)8-10-23(25)32-26(34)16-35-24-11-9-20(30)14-22(24)27(28(35)36)33-40-17-18-4-6-19(7-5-18)29(37)39-2/h4-11,14-15H,3,12-13,16-17H2,1-2H3/b33-27+. The van der Waals surface area contributed by atoms with Gasteiger partial charge in [-0.25, -0.2) is 18.6 Å². The summed E-state index contributed by atoms with van der Waals surface area (Å²) in [6.45, 7) is 1.07. The molecule has 0 bridgehead atoms. The van der Waals surface area contributed by atoms with E-state index in [1.807, 2.05) is 4.57 Å². The lowest BCUT2D eigenvalue weighted by Crippen LogP contribution is -2.31. The Hall–Kier alpha value is -4.64. The van der Waals surface area contributed by atoms with Crippen LogP contribution in [0.25, 0.3) is 11.0 Å². The highest BCUT2D eigenvalue weighted by Gasteiger charge is 2.36. The number of hydrogen-bond donors (Lipinski definition) is 0. The van der Waals surface area contributed by atoms with E-state index < -0.39 is 23.5 Å². The van der Waals surface area contributed by atoms with Gasteiger partial charge in [-0.15, -0.1) is 0 Å². The van der Waals surface area contributed by atoms with Crippen molar-refractivity contribution in [3.63, 3.8) is 0 Å². The number of aryl methyl sites for hydroxylation is 1. The van der Waals surface area contributed by atoms with Crippen LogP contribution in [0, 0.1) is 11.6 Å². The minimum Gasteiger partial charge on any atom is -0.465 e. The van der Waals surface area contributed by atoms with Gasteiger partial charge in [-0.1, -0.05) is 17.3 Å². The number of methoxy groups -OCH3 is 2. The van der Waals surface area contributed by atoms with Crippen molar-refractivity contribution in [1.29, 1.82) is 0 Å². The summed E-state index contributed by atoms with van der Waals surface area (Å²) < 4.78 is 40.0. The molecule has 1 aromatic heterocycles. The monoisotopic (exact) mass is 548 g/mol. The van der Waals surface area contributed by atoms with Crippen molar-refractivity contribution < 1.29 is 32.7 Å². The molecular formula is C29H26F2N4O5. The smallest absolute Gasteiger partial charge is 0.337 e. The number of hydrogen-bond acceptors (Lipinski definition) is 7. The van der Waals surface area contributed by atoms with E-state index in [-0.39, 0.29) is 18.9 Å². The van der Waals surface area contributed by atoms with Crippen molar-refractivity contribution >= 4 is 34.3 Å². The van der Waals surface area contributed by atoms with Crippen LogP contribution >= 0.6 is 0 Å². The summed E-state index contributed by atoms with van der Waals surface area (Å²) in [6.07, 6.45) is 0.655. The van der Waals surface area contributed by atoms with Crippen LogP contribution in [0.2, 0.25) is 0 Å². The number of halogens is 2. The number of carbonyl (C=O) groups is 2. The van der Waals surface area contributed by atoms with E-state index in [2.05, 4.69) is 10.1 Å². The molecule has 0 spiro atoms. The van der Waals surface area contributed by atoms with Gasteiger partial charge in [0, 0.05) is 25.8 Å². The van der Waals surface area contributed by atoms with E-state index in [1.54, 1.807) is 37.4 Å². The summed E-state index contributed by atoms with van der Waals surface area (Å²) in [5.74, 6) is -1.32. The van der Waals surface area contributed by atoms with Gasteiger partial charge < -0.3 is 18.9 Å². The van der Waals surface area contributed by atoms with Crippen molar-refractivity contribution in [3.8, 4) is 0 Å². The zero-order chi connectivity index (χ0) is 28.2. The Morgan fingerprint density at radius 2 is 1.75 bits per heavy atom. The van der Waals surface area contributed by atoms with Gasteiger partial charge in [0.25, 0.3) is 5.91 Å². The lowest BCUT2D eigenvalue weighted by Gasteiger charge is -2.18. The van der Waals surface area contributed by atoms with Crippen molar-refractivity contribution in [2.75, 3.05) is 25.7 Å². The largest absolute Gasteiger partial charge is 0.465 e. The van der Waals surface area contributed by atoms with Gasteiger partial charge in [0.15, 0.2) is 5.71 Å². The number of anilines is 1. The number of esters is 1. The fraction of sp³-hybridized carbons (Fsp3) is 0.241. The van der Waals surface area contributed by atoms with Crippen molar-refractivity contribution in [3.05, 3.63) is 94.8 Å². The van der Waals surface area contributed by atoms with Gasteiger partial charge in [0.05, 0.1) is 35.9 Å². The van der Waals surface area contributed by atoms with Crippen LogP contribution in [0.15, 0.2) is 65.8 Å². The first-order valence-electron chi connectivity index (χ1n) is 12.5. The predicted octanol–water partition coefficient (Wildman–Crippen LogP) is 4.61. The maximum Gasteiger partial charge on any atom is 0.337 e. The lowest BCUT2D eigenvalue weighted by atomic mass is 10.1. The molecule has 9 nitrogen and oxygen atoms in total. The maximum absolute atomic E-state index is 14.2. The number of imidazole rings is 1. The highest BCUT2D eigenvalue weighted by atomic mass is 19.1. The highest BCUT2D eigenvalue weighted by molar-refractivity contribution is 6.54. The first kappa shape index (κ1) is 26.9. The molecule has 2 heterocycles. The second-order valence-electron chi connectivity index (χ2n) is 9.11. The van der Waals surface area contributed by atoms with Crippen LogP contribution in [-0.2, 0) is 38.8 Å². The van der Waals surface area contributed by atoms with Crippen molar-refractivity contribution in [2.45, 2.75) is 26.1 Å². The first-order chi connectivity index (χ1) is 19.4. The Morgan fingerprint density at radius 1 is 1.00 bits per heavy atom. The normalized spacial score (nSPS) is 13.8. The van der Waals surface area contributed by atoms with Gasteiger partial charge in [-0.2, -0.15) is 0 Å². The van der Waals surface area contributed by atoms with E-state index in [4.69, 9.17) is 14.3 Å². The molecule has 4 aromatic rings. The number of oxime groups is 1. The molecule has 0 atom stereocenters. The van der Waals surface area contributed by atoms with E-state index in [0.29, 0.717) is 58.8 Å². The molecule has 0 fully saturated rings. The molecule has 0 aliphatic carbocycles. The Balaban J connectivity index is 1.41. The molecule has 0 radical (unpaired) electrons. The number of nitrogens with zero attached hydrogens (tertiary/aromatic N) is 4. The third-order valence-electron chi connectivity index (χ3n) is 6.53. The number of carbonyl (C=O) groups excluding carboxylic acids is 2. The van der Waals surface area contributed by atoms with E-state index in [0.717, 1.165) is 0 Å². The number of benzene rings is 3. The molecule has 3 aromatic carbocycles. The van der Waals surface area contributed by atoms with Gasteiger partial charge in [-0.05, 0) is 60.5 Å². The summed E-state index contributed by atoms with van der Waals surface area (Å²) in [5.41, 5.74) is 2.99. The summed E-state index contributed by atoms with van der Waals surface area (Å²) in [4.78, 5) is 36.7. The topological polar surface area (TPSA) is 95.2 Å².